The molecule has 0 saturated carbocycles. The standard InChI is InChI=1S/C24H20ClN3O5/c1-11-14(25)6-5-13-20(11)26-23(31)24(13)19-18(15-3-2-8-27(15)24)21(29)28(22(19)30)12-4-7-16-17(9-12)33-10-32-16/h4-7,9,15,18-19H,2-3,8,10H2,1H3,(H,26,31)/t15-,18+,19-,24+/m0/s1. The summed E-state index contributed by atoms with van der Waals surface area (Å²) in [6, 6.07) is 8.49. The molecule has 3 saturated heterocycles. The molecule has 2 aromatic rings. The first kappa shape index (κ1) is 19.4. The second kappa shape index (κ2) is 6.27. The van der Waals surface area contributed by atoms with Crippen LogP contribution in [0.3, 0.4) is 0 Å². The molecule has 5 aliphatic rings. The molecule has 33 heavy (non-hydrogen) atoms. The van der Waals surface area contributed by atoms with E-state index in [0.29, 0.717) is 34.4 Å². The minimum absolute atomic E-state index is 0.102. The largest absolute Gasteiger partial charge is 0.454 e. The zero-order valence-electron chi connectivity index (χ0n) is 17.8. The Labute approximate surface area is 194 Å². The third-order valence-corrected chi connectivity index (χ3v) is 8.39. The molecule has 0 radical (unpaired) electrons. The van der Waals surface area contributed by atoms with Crippen LogP contribution in [0, 0.1) is 18.8 Å². The first-order valence-corrected chi connectivity index (χ1v) is 11.5. The van der Waals surface area contributed by atoms with Gasteiger partial charge in [0.15, 0.2) is 11.5 Å². The number of carbonyl (C=O) groups excluding carboxylic acids is 3. The van der Waals surface area contributed by atoms with Crippen LogP contribution < -0.4 is 19.7 Å². The minimum atomic E-state index is -1.21. The Kier molecular flexibility index (Phi) is 3.68. The Morgan fingerprint density at radius 3 is 2.76 bits per heavy atom. The average molecular weight is 466 g/mol. The quantitative estimate of drug-likeness (QED) is 0.652. The fourth-order valence-electron chi connectivity index (χ4n) is 6.67. The van der Waals surface area contributed by atoms with E-state index in [1.807, 2.05) is 13.0 Å². The van der Waals surface area contributed by atoms with Crippen molar-refractivity contribution < 1.29 is 23.9 Å². The van der Waals surface area contributed by atoms with E-state index in [-0.39, 0.29) is 30.6 Å². The van der Waals surface area contributed by atoms with Gasteiger partial charge in [0, 0.05) is 22.7 Å². The van der Waals surface area contributed by atoms with Gasteiger partial charge in [0.2, 0.25) is 24.5 Å². The number of carbonyl (C=O) groups is 3. The van der Waals surface area contributed by atoms with Crippen LogP contribution in [-0.4, -0.2) is 42.0 Å². The molecule has 4 atom stereocenters. The van der Waals surface area contributed by atoms with E-state index < -0.39 is 17.4 Å². The molecule has 1 spiro atoms. The first-order valence-electron chi connectivity index (χ1n) is 11.1. The van der Waals surface area contributed by atoms with Gasteiger partial charge in [-0.05, 0) is 50.1 Å². The maximum Gasteiger partial charge on any atom is 0.250 e. The Morgan fingerprint density at radius 1 is 1.09 bits per heavy atom. The molecule has 168 valence electrons. The van der Waals surface area contributed by atoms with Crippen molar-refractivity contribution in [3.05, 3.63) is 46.5 Å². The molecule has 3 amide bonds. The first-order chi connectivity index (χ1) is 15.9. The third kappa shape index (κ3) is 2.14. The zero-order chi connectivity index (χ0) is 22.6. The number of fused-ring (bicyclic) bond motifs is 8. The highest BCUT2D eigenvalue weighted by atomic mass is 35.5. The van der Waals surface area contributed by atoms with E-state index in [1.54, 1.807) is 24.3 Å². The lowest BCUT2D eigenvalue weighted by Gasteiger charge is -2.36. The highest BCUT2D eigenvalue weighted by Crippen LogP contribution is 2.61. The number of halogens is 1. The second-order valence-electron chi connectivity index (χ2n) is 9.27. The summed E-state index contributed by atoms with van der Waals surface area (Å²) in [4.78, 5) is 44.8. The lowest BCUT2D eigenvalue weighted by atomic mass is 9.75. The summed E-state index contributed by atoms with van der Waals surface area (Å²) in [5.41, 5.74) is 1.38. The van der Waals surface area contributed by atoms with Gasteiger partial charge in [-0.25, -0.2) is 4.90 Å². The fourth-order valence-corrected chi connectivity index (χ4v) is 6.83. The monoisotopic (exact) mass is 465 g/mol. The Hall–Kier alpha value is -3.10. The average Bonchev–Trinajstić information content (AvgIpc) is 3.57. The van der Waals surface area contributed by atoms with Crippen molar-refractivity contribution in [2.24, 2.45) is 11.8 Å². The molecule has 3 fully saturated rings. The predicted octanol–water partition coefficient (Wildman–Crippen LogP) is 2.81. The lowest BCUT2D eigenvalue weighted by molar-refractivity contribution is -0.135. The number of anilines is 2. The second-order valence-corrected chi connectivity index (χ2v) is 9.68. The topological polar surface area (TPSA) is 88.2 Å². The molecule has 7 rings (SSSR count). The number of ether oxygens (including phenoxy) is 2. The van der Waals surface area contributed by atoms with Crippen molar-refractivity contribution >= 4 is 40.7 Å². The van der Waals surface area contributed by atoms with Crippen LogP contribution in [0.4, 0.5) is 11.4 Å². The number of nitrogens with zero attached hydrogens (tertiary/aromatic N) is 2. The van der Waals surface area contributed by atoms with E-state index in [0.717, 1.165) is 24.0 Å². The number of rotatable bonds is 1. The van der Waals surface area contributed by atoms with Crippen molar-refractivity contribution in [1.29, 1.82) is 0 Å². The van der Waals surface area contributed by atoms with Crippen LogP contribution in [0.25, 0.3) is 0 Å². The van der Waals surface area contributed by atoms with Crippen molar-refractivity contribution in [3.63, 3.8) is 0 Å². The van der Waals surface area contributed by atoms with Gasteiger partial charge in [0.05, 0.1) is 23.2 Å². The molecular formula is C24H20ClN3O5. The molecule has 5 heterocycles. The number of benzene rings is 2. The molecule has 9 heteroatoms. The Balaban J connectivity index is 1.41. The maximum atomic E-state index is 14.0. The van der Waals surface area contributed by atoms with E-state index in [2.05, 4.69) is 10.2 Å². The summed E-state index contributed by atoms with van der Waals surface area (Å²) in [6.45, 7) is 2.62. The Bertz CT molecular complexity index is 1300. The molecule has 0 unspecified atom stereocenters. The number of imide groups is 1. The summed E-state index contributed by atoms with van der Waals surface area (Å²) in [5, 5.41) is 3.56. The van der Waals surface area contributed by atoms with Gasteiger partial charge in [-0.3, -0.25) is 19.3 Å². The maximum absolute atomic E-state index is 14.0. The van der Waals surface area contributed by atoms with Gasteiger partial charge in [0.25, 0.3) is 0 Å². The Morgan fingerprint density at radius 2 is 1.91 bits per heavy atom. The molecule has 5 aliphatic heterocycles. The van der Waals surface area contributed by atoms with Crippen LogP contribution in [0.15, 0.2) is 30.3 Å². The van der Waals surface area contributed by atoms with Crippen molar-refractivity contribution in [2.75, 3.05) is 23.6 Å². The van der Waals surface area contributed by atoms with Crippen LogP contribution in [0.2, 0.25) is 5.02 Å². The number of hydrogen-bond donors (Lipinski definition) is 1. The highest BCUT2D eigenvalue weighted by molar-refractivity contribution is 6.32. The number of hydrogen-bond acceptors (Lipinski definition) is 6. The van der Waals surface area contributed by atoms with Crippen LogP contribution in [-0.2, 0) is 19.9 Å². The lowest BCUT2D eigenvalue weighted by Crippen LogP contribution is -2.54. The normalized spacial score (nSPS) is 31.4. The summed E-state index contributed by atoms with van der Waals surface area (Å²) in [5.74, 6) is -1.18. The molecular weight excluding hydrogens is 446 g/mol. The smallest absolute Gasteiger partial charge is 0.250 e. The molecule has 0 aromatic heterocycles. The van der Waals surface area contributed by atoms with Gasteiger partial charge in [-0.2, -0.15) is 0 Å². The predicted molar refractivity (Wildman–Crippen MR) is 118 cm³/mol. The molecule has 2 aromatic carbocycles. The summed E-state index contributed by atoms with van der Waals surface area (Å²) in [7, 11) is 0. The summed E-state index contributed by atoms with van der Waals surface area (Å²) >= 11 is 6.34. The molecule has 0 bridgehead atoms. The minimum Gasteiger partial charge on any atom is -0.454 e. The SMILES string of the molecule is Cc1c(Cl)ccc2c1NC(=O)[C@]21[C@@H]2C(=O)N(c3ccc4c(c3)OCO4)C(=O)[C@@H]2[C@@H]2CCCN21. The van der Waals surface area contributed by atoms with E-state index in [1.165, 1.54) is 4.90 Å². The van der Waals surface area contributed by atoms with Crippen molar-refractivity contribution in [1.82, 2.24) is 4.90 Å². The van der Waals surface area contributed by atoms with Crippen LogP contribution in [0.1, 0.15) is 24.0 Å². The molecule has 8 nitrogen and oxygen atoms in total. The van der Waals surface area contributed by atoms with E-state index >= 15 is 0 Å². The highest BCUT2D eigenvalue weighted by Gasteiger charge is 2.74. The third-order valence-electron chi connectivity index (χ3n) is 7.98. The summed E-state index contributed by atoms with van der Waals surface area (Å²) in [6.07, 6.45) is 1.64. The van der Waals surface area contributed by atoms with Crippen molar-refractivity contribution in [2.45, 2.75) is 31.3 Å². The van der Waals surface area contributed by atoms with Crippen LogP contribution >= 0.6 is 11.6 Å². The van der Waals surface area contributed by atoms with E-state index in [9.17, 15) is 14.4 Å². The van der Waals surface area contributed by atoms with Crippen molar-refractivity contribution in [3.8, 4) is 11.5 Å². The fraction of sp³-hybridized carbons (Fsp3) is 0.375. The zero-order valence-corrected chi connectivity index (χ0v) is 18.5. The number of nitrogens with one attached hydrogen (secondary N) is 1. The molecule has 1 N–H and O–H groups in total. The van der Waals surface area contributed by atoms with Crippen LogP contribution in [0.5, 0.6) is 11.5 Å². The van der Waals surface area contributed by atoms with Gasteiger partial charge in [-0.15, -0.1) is 0 Å². The van der Waals surface area contributed by atoms with Gasteiger partial charge >= 0.3 is 0 Å². The van der Waals surface area contributed by atoms with Gasteiger partial charge in [0.1, 0.15) is 5.54 Å². The molecule has 0 aliphatic carbocycles. The van der Waals surface area contributed by atoms with E-state index in [4.69, 9.17) is 21.1 Å². The van der Waals surface area contributed by atoms with Gasteiger partial charge in [-0.1, -0.05) is 17.7 Å². The van der Waals surface area contributed by atoms with Gasteiger partial charge < -0.3 is 14.8 Å². The number of amides is 3. The summed E-state index contributed by atoms with van der Waals surface area (Å²) < 4.78 is 10.8.